The van der Waals surface area contributed by atoms with Crippen LogP contribution >= 0.6 is 0 Å². The summed E-state index contributed by atoms with van der Waals surface area (Å²) < 4.78 is 28.1. The lowest BCUT2D eigenvalue weighted by Crippen LogP contribution is -2.44. The van der Waals surface area contributed by atoms with Crippen LogP contribution in [-0.2, 0) is 26.0 Å². The van der Waals surface area contributed by atoms with Crippen molar-refractivity contribution in [1.82, 2.24) is 9.62 Å². The Morgan fingerprint density at radius 2 is 1.81 bits per heavy atom. The normalized spacial score (nSPS) is 23.5. The molecule has 4 rings (SSSR count). The van der Waals surface area contributed by atoms with Gasteiger partial charge < -0.3 is 10.2 Å². The van der Waals surface area contributed by atoms with Crippen LogP contribution in [0.25, 0.3) is 0 Å². The minimum absolute atomic E-state index is 0.0270. The zero-order chi connectivity index (χ0) is 23.0. The molecule has 0 spiro atoms. The predicted octanol–water partition coefficient (Wildman–Crippen LogP) is 3.08. The molecule has 2 fully saturated rings. The second-order valence-corrected chi connectivity index (χ2v) is 11.6. The first kappa shape index (κ1) is 23.2. The molecule has 176 valence electrons. The fourth-order valence-electron chi connectivity index (χ4n) is 4.93. The van der Waals surface area contributed by atoms with Crippen LogP contribution in [-0.4, -0.2) is 49.7 Å². The highest BCUT2D eigenvalue weighted by Crippen LogP contribution is 2.38. The molecule has 1 saturated heterocycles. The topological polar surface area (TPSA) is 86.8 Å². The first-order chi connectivity index (χ1) is 15.2. The molecule has 0 unspecified atom stereocenters. The lowest BCUT2D eigenvalue weighted by molar-refractivity contribution is -0.127. The summed E-state index contributed by atoms with van der Waals surface area (Å²) in [6, 6.07) is 5.37. The average Bonchev–Trinajstić information content (AvgIpc) is 3.07. The van der Waals surface area contributed by atoms with Crippen LogP contribution in [0.15, 0.2) is 23.1 Å². The maximum absolute atomic E-state index is 13.3. The number of fused-ring (bicyclic) bond motifs is 1. The van der Waals surface area contributed by atoms with Crippen LogP contribution < -0.4 is 10.2 Å². The third-order valence-corrected chi connectivity index (χ3v) is 9.32. The summed E-state index contributed by atoms with van der Waals surface area (Å²) in [5.74, 6) is 0.183. The van der Waals surface area contributed by atoms with Crippen molar-refractivity contribution < 1.29 is 18.0 Å². The fraction of sp³-hybridized carbons (Fsp3) is 0.667. The van der Waals surface area contributed by atoms with Crippen molar-refractivity contribution in [2.75, 3.05) is 18.0 Å². The van der Waals surface area contributed by atoms with E-state index in [2.05, 4.69) is 5.32 Å². The van der Waals surface area contributed by atoms with Gasteiger partial charge in [-0.3, -0.25) is 9.59 Å². The summed E-state index contributed by atoms with van der Waals surface area (Å²) in [6.07, 6.45) is 5.64. The van der Waals surface area contributed by atoms with E-state index >= 15 is 0 Å². The van der Waals surface area contributed by atoms with Crippen LogP contribution in [0.1, 0.15) is 64.9 Å². The Morgan fingerprint density at radius 1 is 1.12 bits per heavy atom. The predicted molar refractivity (Wildman–Crippen MR) is 124 cm³/mol. The molecule has 2 heterocycles. The smallest absolute Gasteiger partial charge is 0.243 e. The molecule has 2 aliphatic heterocycles. The van der Waals surface area contributed by atoms with E-state index in [0.717, 1.165) is 36.9 Å². The van der Waals surface area contributed by atoms with Crippen molar-refractivity contribution in [3.8, 4) is 0 Å². The highest BCUT2D eigenvalue weighted by Gasteiger charge is 2.38. The number of rotatable bonds is 6. The number of carbonyl (C=O) groups excluding carboxylic acids is 2. The van der Waals surface area contributed by atoms with Gasteiger partial charge in [0.2, 0.25) is 21.8 Å². The van der Waals surface area contributed by atoms with Gasteiger partial charge in [0.25, 0.3) is 0 Å². The van der Waals surface area contributed by atoms with Crippen molar-refractivity contribution in [1.29, 1.82) is 0 Å². The molecule has 1 N–H and O–H groups in total. The van der Waals surface area contributed by atoms with E-state index in [1.807, 2.05) is 25.7 Å². The van der Waals surface area contributed by atoms with E-state index in [9.17, 15) is 18.0 Å². The molecule has 8 heteroatoms. The summed E-state index contributed by atoms with van der Waals surface area (Å²) in [7, 11) is -3.63. The van der Waals surface area contributed by atoms with Crippen LogP contribution in [0.4, 0.5) is 5.69 Å². The monoisotopic (exact) mass is 461 g/mol. The maximum Gasteiger partial charge on any atom is 0.243 e. The van der Waals surface area contributed by atoms with Crippen LogP contribution in [0, 0.1) is 11.8 Å². The summed E-state index contributed by atoms with van der Waals surface area (Å²) in [5.41, 5.74) is 1.78. The quantitative estimate of drug-likeness (QED) is 0.705. The number of nitrogens with zero attached hydrogens (tertiary/aromatic N) is 2. The van der Waals surface area contributed by atoms with E-state index in [1.54, 1.807) is 18.2 Å². The summed E-state index contributed by atoms with van der Waals surface area (Å²) in [4.78, 5) is 27.4. The van der Waals surface area contributed by atoms with Gasteiger partial charge in [0.15, 0.2) is 0 Å². The standard InChI is InChI=1S/C24H35N3O4S/c1-4-16(2)25-23(28)18-10-12-26(13-11-18)32(30,31)21-8-9-22-20(15-21)14-17(3)27(22)24(29)19-6-5-7-19/h8-9,15-19H,4-7,10-14H2,1-3H3,(H,25,28)/t16-,17-/m0/s1. The highest BCUT2D eigenvalue weighted by molar-refractivity contribution is 7.89. The number of carbonyl (C=O) groups is 2. The number of hydrogen-bond donors (Lipinski definition) is 1. The Morgan fingerprint density at radius 3 is 2.41 bits per heavy atom. The minimum Gasteiger partial charge on any atom is -0.353 e. The molecule has 1 aromatic rings. The highest BCUT2D eigenvalue weighted by atomic mass is 32.2. The molecule has 7 nitrogen and oxygen atoms in total. The largest absolute Gasteiger partial charge is 0.353 e. The molecule has 0 bridgehead atoms. The molecular weight excluding hydrogens is 426 g/mol. The summed E-state index contributed by atoms with van der Waals surface area (Å²) >= 11 is 0. The Hall–Kier alpha value is -1.93. The number of hydrogen-bond acceptors (Lipinski definition) is 4. The van der Waals surface area contributed by atoms with Gasteiger partial charge in [-0.05, 0) is 76.1 Å². The minimum atomic E-state index is -3.63. The maximum atomic E-state index is 13.3. The molecule has 0 aromatic heterocycles. The molecule has 0 radical (unpaired) electrons. The number of piperidine rings is 1. The number of sulfonamides is 1. The van der Waals surface area contributed by atoms with Crippen molar-refractivity contribution in [3.63, 3.8) is 0 Å². The first-order valence-electron chi connectivity index (χ1n) is 12.0. The van der Waals surface area contributed by atoms with Crippen molar-refractivity contribution in [3.05, 3.63) is 23.8 Å². The molecule has 2 atom stereocenters. The summed E-state index contributed by atoms with van der Waals surface area (Å²) in [5, 5.41) is 3.01. The van der Waals surface area contributed by atoms with Crippen LogP contribution in [0.2, 0.25) is 0 Å². The Bertz CT molecular complexity index is 981. The van der Waals surface area contributed by atoms with Gasteiger partial charge in [0.05, 0.1) is 4.90 Å². The van der Waals surface area contributed by atoms with E-state index in [4.69, 9.17) is 0 Å². The van der Waals surface area contributed by atoms with Gasteiger partial charge in [-0.2, -0.15) is 4.31 Å². The third kappa shape index (κ3) is 4.31. The van der Waals surface area contributed by atoms with Crippen LogP contribution in [0.3, 0.4) is 0 Å². The van der Waals surface area contributed by atoms with E-state index in [0.29, 0.717) is 32.4 Å². The summed E-state index contributed by atoms with van der Waals surface area (Å²) in [6.45, 7) is 6.73. The van der Waals surface area contributed by atoms with E-state index in [1.165, 1.54) is 4.31 Å². The van der Waals surface area contributed by atoms with E-state index in [-0.39, 0.29) is 40.6 Å². The zero-order valence-electron chi connectivity index (χ0n) is 19.3. The second kappa shape index (κ2) is 9.14. The SMILES string of the molecule is CC[C@H](C)NC(=O)C1CCN(S(=O)(=O)c2ccc3c(c2)C[C@H](C)N3C(=O)C2CCC2)CC1. The molecule has 1 aliphatic carbocycles. The van der Waals surface area contributed by atoms with Gasteiger partial charge >= 0.3 is 0 Å². The Kier molecular flexibility index (Phi) is 6.63. The number of amides is 2. The molecule has 1 aromatic carbocycles. The third-order valence-electron chi connectivity index (χ3n) is 7.42. The number of anilines is 1. The van der Waals surface area contributed by atoms with Gasteiger partial charge in [-0.1, -0.05) is 13.3 Å². The van der Waals surface area contributed by atoms with Crippen molar-refractivity contribution in [2.24, 2.45) is 11.8 Å². The van der Waals surface area contributed by atoms with Gasteiger partial charge in [0.1, 0.15) is 0 Å². The van der Waals surface area contributed by atoms with Crippen LogP contribution in [0.5, 0.6) is 0 Å². The fourth-order valence-corrected chi connectivity index (χ4v) is 6.45. The zero-order valence-corrected chi connectivity index (χ0v) is 20.2. The average molecular weight is 462 g/mol. The van der Waals surface area contributed by atoms with Gasteiger partial charge in [-0.25, -0.2) is 8.42 Å². The Balaban J connectivity index is 1.45. The molecule has 1 saturated carbocycles. The first-order valence-corrected chi connectivity index (χ1v) is 13.4. The number of benzene rings is 1. The van der Waals surface area contributed by atoms with Crippen molar-refractivity contribution >= 4 is 27.5 Å². The van der Waals surface area contributed by atoms with Gasteiger partial charge in [0, 0.05) is 42.7 Å². The lowest BCUT2D eigenvalue weighted by atomic mass is 9.84. The van der Waals surface area contributed by atoms with Gasteiger partial charge in [-0.15, -0.1) is 0 Å². The molecule has 32 heavy (non-hydrogen) atoms. The molecule has 3 aliphatic rings. The Labute approximate surface area is 191 Å². The number of nitrogens with one attached hydrogen (secondary N) is 1. The second-order valence-electron chi connectivity index (χ2n) is 9.68. The van der Waals surface area contributed by atoms with Crippen molar-refractivity contribution in [2.45, 2.75) is 82.7 Å². The lowest BCUT2D eigenvalue weighted by Gasteiger charge is -2.32. The van der Waals surface area contributed by atoms with E-state index < -0.39 is 10.0 Å². The molecular formula is C24H35N3O4S. The molecule has 2 amide bonds.